The van der Waals surface area contributed by atoms with Gasteiger partial charge < -0.3 is 14.2 Å². The predicted molar refractivity (Wildman–Crippen MR) is 130 cm³/mol. The van der Waals surface area contributed by atoms with Gasteiger partial charge in [0, 0.05) is 11.0 Å². The second kappa shape index (κ2) is 10.2. The van der Waals surface area contributed by atoms with Gasteiger partial charge in [0.15, 0.2) is 9.79 Å². The van der Waals surface area contributed by atoms with Gasteiger partial charge in [0.1, 0.15) is 28.1 Å². The number of ether oxygens (including phenoxy) is 3. The van der Waals surface area contributed by atoms with Crippen LogP contribution in [-0.4, -0.2) is 21.3 Å². The molecule has 0 aliphatic carbocycles. The largest absolute Gasteiger partial charge is 0.497 e. The predicted octanol–water partition coefficient (Wildman–Crippen LogP) is 7.02. The zero-order valence-electron chi connectivity index (χ0n) is 17.5. The standard InChI is InChI=1S/C25H23O3S3/c1-26-18-4-10-21(11-5-18)29-24-16-17-25(30-24)31(22-12-6-19(27-2)7-13-22)23-14-8-20(28-3)9-15-23/h4-17H,1-3H3/q+1. The molecule has 4 rings (SSSR count). The molecular weight excluding hydrogens is 444 g/mol. The molecule has 0 bridgehead atoms. The van der Waals surface area contributed by atoms with Crippen molar-refractivity contribution in [3.05, 3.63) is 84.9 Å². The molecule has 0 amide bonds. The topological polar surface area (TPSA) is 27.7 Å². The summed E-state index contributed by atoms with van der Waals surface area (Å²) in [6.45, 7) is 0. The molecule has 6 heteroatoms. The van der Waals surface area contributed by atoms with Crippen LogP contribution in [0, 0.1) is 0 Å². The number of benzene rings is 3. The van der Waals surface area contributed by atoms with Crippen molar-refractivity contribution >= 4 is 34.0 Å². The molecule has 3 aromatic carbocycles. The summed E-state index contributed by atoms with van der Waals surface area (Å²) in [7, 11) is 4.87. The first-order chi connectivity index (χ1) is 15.2. The molecule has 4 aromatic rings. The van der Waals surface area contributed by atoms with Crippen molar-refractivity contribution in [2.45, 2.75) is 23.1 Å². The average Bonchev–Trinajstić information content (AvgIpc) is 3.28. The second-order valence-electron chi connectivity index (χ2n) is 6.51. The Bertz CT molecular complexity index is 1060. The maximum absolute atomic E-state index is 5.35. The number of methoxy groups -OCH3 is 3. The summed E-state index contributed by atoms with van der Waals surface area (Å²) in [4.78, 5) is 3.71. The normalized spacial score (nSPS) is 10.8. The van der Waals surface area contributed by atoms with Crippen molar-refractivity contribution in [3.8, 4) is 17.2 Å². The van der Waals surface area contributed by atoms with E-state index in [1.807, 2.05) is 47.7 Å². The van der Waals surface area contributed by atoms with Crippen molar-refractivity contribution in [1.82, 2.24) is 0 Å². The summed E-state index contributed by atoms with van der Waals surface area (Å²) in [5.41, 5.74) is 0. The highest BCUT2D eigenvalue weighted by Gasteiger charge is 2.31. The molecule has 0 saturated heterocycles. The van der Waals surface area contributed by atoms with E-state index >= 15 is 0 Å². The lowest BCUT2D eigenvalue weighted by atomic mass is 10.3. The molecule has 0 fully saturated rings. The Labute approximate surface area is 194 Å². The molecule has 0 aliphatic heterocycles. The minimum atomic E-state index is -0.203. The monoisotopic (exact) mass is 467 g/mol. The minimum absolute atomic E-state index is 0.203. The lowest BCUT2D eigenvalue weighted by Crippen LogP contribution is -2.03. The van der Waals surface area contributed by atoms with Crippen molar-refractivity contribution in [1.29, 1.82) is 0 Å². The van der Waals surface area contributed by atoms with E-state index in [-0.39, 0.29) is 10.9 Å². The van der Waals surface area contributed by atoms with Gasteiger partial charge >= 0.3 is 0 Å². The van der Waals surface area contributed by atoms with E-state index in [2.05, 4.69) is 48.5 Å². The Morgan fingerprint density at radius 1 is 0.581 bits per heavy atom. The van der Waals surface area contributed by atoms with Gasteiger partial charge in [-0.25, -0.2) is 0 Å². The average molecular weight is 468 g/mol. The van der Waals surface area contributed by atoms with Gasteiger partial charge in [0.05, 0.1) is 25.5 Å². The van der Waals surface area contributed by atoms with Crippen LogP contribution in [0.15, 0.2) is 108 Å². The molecule has 0 atom stereocenters. The smallest absolute Gasteiger partial charge is 0.221 e. The summed E-state index contributed by atoms with van der Waals surface area (Å²) < 4.78 is 18.6. The molecule has 0 spiro atoms. The van der Waals surface area contributed by atoms with Gasteiger partial charge in [-0.3, -0.25) is 0 Å². The Kier molecular flexibility index (Phi) is 7.12. The summed E-state index contributed by atoms with van der Waals surface area (Å²) in [6.07, 6.45) is 0. The van der Waals surface area contributed by atoms with Gasteiger partial charge in [-0.2, -0.15) is 0 Å². The first kappa shape index (κ1) is 21.7. The summed E-state index contributed by atoms with van der Waals surface area (Å²) in [5, 5.41) is 0. The molecule has 3 nitrogen and oxygen atoms in total. The van der Waals surface area contributed by atoms with Crippen LogP contribution < -0.4 is 14.2 Å². The Hall–Kier alpha value is -2.54. The fourth-order valence-electron chi connectivity index (χ4n) is 3.02. The lowest BCUT2D eigenvalue weighted by Gasteiger charge is -2.07. The highest BCUT2D eigenvalue weighted by Crippen LogP contribution is 2.41. The van der Waals surface area contributed by atoms with Crippen molar-refractivity contribution in [3.63, 3.8) is 0 Å². The highest BCUT2D eigenvalue weighted by atomic mass is 32.2. The molecule has 0 radical (unpaired) electrons. The van der Waals surface area contributed by atoms with Gasteiger partial charge in [0.2, 0.25) is 4.21 Å². The molecule has 0 aliphatic rings. The summed E-state index contributed by atoms with van der Waals surface area (Å²) >= 11 is 3.61. The van der Waals surface area contributed by atoms with E-state index in [4.69, 9.17) is 14.2 Å². The van der Waals surface area contributed by atoms with Gasteiger partial charge in [0.25, 0.3) is 0 Å². The fourth-order valence-corrected chi connectivity index (χ4v) is 7.95. The van der Waals surface area contributed by atoms with E-state index in [0.717, 1.165) is 17.2 Å². The quantitative estimate of drug-likeness (QED) is 0.260. The first-order valence-corrected chi connectivity index (χ1v) is 12.5. The van der Waals surface area contributed by atoms with Crippen LogP contribution in [0.2, 0.25) is 0 Å². The SMILES string of the molecule is COc1ccc(Sc2ccc([S+](c3ccc(OC)cc3)c3ccc(OC)cc3)s2)cc1. The number of rotatable bonds is 8. The van der Waals surface area contributed by atoms with Crippen LogP contribution in [0.3, 0.4) is 0 Å². The van der Waals surface area contributed by atoms with Crippen LogP contribution >= 0.6 is 23.1 Å². The molecule has 1 aromatic heterocycles. The molecule has 0 unspecified atom stereocenters. The van der Waals surface area contributed by atoms with Crippen molar-refractivity contribution in [2.24, 2.45) is 0 Å². The van der Waals surface area contributed by atoms with Crippen molar-refractivity contribution < 1.29 is 14.2 Å². The third kappa shape index (κ3) is 5.21. The van der Waals surface area contributed by atoms with Crippen LogP contribution in [0.25, 0.3) is 0 Å². The van der Waals surface area contributed by atoms with Crippen LogP contribution in [0.5, 0.6) is 17.2 Å². The fraction of sp³-hybridized carbons (Fsp3) is 0.120. The highest BCUT2D eigenvalue weighted by molar-refractivity contribution is 8.02. The summed E-state index contributed by atoms with van der Waals surface area (Å²) in [6, 6.07) is 29.4. The summed E-state index contributed by atoms with van der Waals surface area (Å²) in [5.74, 6) is 2.60. The van der Waals surface area contributed by atoms with E-state index in [1.54, 1.807) is 33.1 Å². The third-order valence-electron chi connectivity index (χ3n) is 4.63. The number of hydrogen-bond donors (Lipinski definition) is 0. The molecule has 158 valence electrons. The van der Waals surface area contributed by atoms with Crippen LogP contribution in [-0.2, 0) is 10.9 Å². The molecule has 0 N–H and O–H groups in total. The first-order valence-electron chi connectivity index (χ1n) is 9.64. The zero-order valence-corrected chi connectivity index (χ0v) is 20.0. The van der Waals surface area contributed by atoms with E-state index in [0.29, 0.717) is 0 Å². The maximum atomic E-state index is 5.35. The molecular formula is C25H23O3S3+. The van der Waals surface area contributed by atoms with Crippen LogP contribution in [0.4, 0.5) is 0 Å². The maximum Gasteiger partial charge on any atom is 0.221 e. The van der Waals surface area contributed by atoms with E-state index in [9.17, 15) is 0 Å². The third-order valence-corrected chi connectivity index (χ3v) is 9.42. The molecule has 1 heterocycles. The van der Waals surface area contributed by atoms with E-state index in [1.165, 1.54) is 23.1 Å². The molecule has 0 saturated carbocycles. The minimum Gasteiger partial charge on any atom is -0.497 e. The number of hydrogen-bond acceptors (Lipinski definition) is 5. The van der Waals surface area contributed by atoms with Crippen LogP contribution in [0.1, 0.15) is 0 Å². The van der Waals surface area contributed by atoms with Gasteiger partial charge in [-0.05, 0) is 78.9 Å². The second-order valence-corrected chi connectivity index (χ2v) is 11.2. The molecule has 31 heavy (non-hydrogen) atoms. The Morgan fingerprint density at radius 3 is 1.48 bits per heavy atom. The van der Waals surface area contributed by atoms with Crippen molar-refractivity contribution in [2.75, 3.05) is 21.3 Å². The zero-order chi connectivity index (χ0) is 21.6. The number of thiophene rings is 1. The Balaban J connectivity index is 1.65. The Morgan fingerprint density at radius 2 is 1.03 bits per heavy atom. The van der Waals surface area contributed by atoms with E-state index < -0.39 is 0 Å². The van der Waals surface area contributed by atoms with Gasteiger partial charge in [-0.15, -0.1) is 0 Å². The lowest BCUT2D eigenvalue weighted by molar-refractivity contribution is 0.414. The van der Waals surface area contributed by atoms with Gasteiger partial charge in [-0.1, -0.05) is 23.1 Å².